The SMILES string of the molecule is COc1cccc(CNC[C@H](O)c2ccc(O)c3[nH]c(=O)ccc23)c1. The molecule has 1 heterocycles. The highest BCUT2D eigenvalue weighted by Crippen LogP contribution is 2.28. The van der Waals surface area contributed by atoms with Gasteiger partial charge in [0.1, 0.15) is 11.5 Å². The average molecular weight is 340 g/mol. The number of benzene rings is 2. The van der Waals surface area contributed by atoms with E-state index in [1.54, 1.807) is 19.2 Å². The maximum Gasteiger partial charge on any atom is 0.248 e. The van der Waals surface area contributed by atoms with E-state index in [1.807, 2.05) is 24.3 Å². The third-order valence-corrected chi connectivity index (χ3v) is 4.07. The summed E-state index contributed by atoms with van der Waals surface area (Å²) in [5.41, 5.74) is 1.72. The van der Waals surface area contributed by atoms with Crippen LogP contribution >= 0.6 is 0 Å². The fraction of sp³-hybridized carbons (Fsp3) is 0.211. The maximum atomic E-state index is 11.4. The van der Waals surface area contributed by atoms with Gasteiger partial charge in [-0.2, -0.15) is 0 Å². The van der Waals surface area contributed by atoms with Crippen molar-refractivity contribution in [2.75, 3.05) is 13.7 Å². The van der Waals surface area contributed by atoms with Crippen LogP contribution in [0.25, 0.3) is 10.9 Å². The number of aliphatic hydroxyl groups excluding tert-OH is 1. The summed E-state index contributed by atoms with van der Waals surface area (Å²) in [6.45, 7) is 0.914. The molecule has 130 valence electrons. The van der Waals surface area contributed by atoms with Crippen molar-refractivity contribution in [2.45, 2.75) is 12.6 Å². The fourth-order valence-electron chi connectivity index (χ4n) is 2.80. The second kappa shape index (κ2) is 7.38. The van der Waals surface area contributed by atoms with Crippen molar-refractivity contribution >= 4 is 10.9 Å². The summed E-state index contributed by atoms with van der Waals surface area (Å²) >= 11 is 0. The highest BCUT2D eigenvalue weighted by molar-refractivity contribution is 5.87. The molecule has 0 aliphatic rings. The van der Waals surface area contributed by atoms with Crippen LogP contribution < -0.4 is 15.6 Å². The third-order valence-electron chi connectivity index (χ3n) is 4.07. The van der Waals surface area contributed by atoms with Gasteiger partial charge in [-0.15, -0.1) is 0 Å². The molecule has 1 aromatic heterocycles. The molecule has 0 radical (unpaired) electrons. The molecule has 1 atom stereocenters. The average Bonchev–Trinajstić information content (AvgIpc) is 2.62. The Morgan fingerprint density at radius 1 is 1.20 bits per heavy atom. The largest absolute Gasteiger partial charge is 0.506 e. The Morgan fingerprint density at radius 3 is 2.84 bits per heavy atom. The summed E-state index contributed by atoms with van der Waals surface area (Å²) in [5, 5.41) is 24.2. The van der Waals surface area contributed by atoms with Gasteiger partial charge in [-0.25, -0.2) is 0 Å². The number of fused-ring (bicyclic) bond motifs is 1. The number of phenols is 1. The molecule has 2 aromatic carbocycles. The number of pyridine rings is 1. The topological polar surface area (TPSA) is 94.6 Å². The molecular weight excluding hydrogens is 320 g/mol. The standard InChI is InChI=1S/C19H20N2O4/c1-25-13-4-2-3-12(9-13)10-20-11-17(23)14-5-7-16(22)19-15(14)6-8-18(24)21-19/h2-9,17,20,22-23H,10-11H2,1H3,(H,21,24)/t17-/m0/s1. The molecule has 4 N–H and O–H groups in total. The van der Waals surface area contributed by atoms with Crippen LogP contribution in [0, 0.1) is 0 Å². The predicted molar refractivity (Wildman–Crippen MR) is 95.9 cm³/mol. The number of nitrogens with one attached hydrogen (secondary N) is 2. The molecule has 25 heavy (non-hydrogen) atoms. The van der Waals surface area contributed by atoms with E-state index in [9.17, 15) is 15.0 Å². The quantitative estimate of drug-likeness (QED) is 0.551. The molecular formula is C19H20N2O4. The van der Waals surface area contributed by atoms with Crippen molar-refractivity contribution in [3.05, 3.63) is 70.0 Å². The first kappa shape index (κ1) is 17.0. The van der Waals surface area contributed by atoms with E-state index in [4.69, 9.17) is 4.74 Å². The maximum absolute atomic E-state index is 11.4. The lowest BCUT2D eigenvalue weighted by atomic mass is 10.0. The molecule has 0 saturated carbocycles. The number of methoxy groups -OCH3 is 1. The Morgan fingerprint density at radius 2 is 2.04 bits per heavy atom. The molecule has 0 bridgehead atoms. The van der Waals surface area contributed by atoms with Gasteiger partial charge in [-0.1, -0.05) is 18.2 Å². The Kier molecular flexibility index (Phi) is 5.02. The van der Waals surface area contributed by atoms with E-state index in [1.165, 1.54) is 12.1 Å². The van der Waals surface area contributed by atoms with Crippen molar-refractivity contribution in [3.8, 4) is 11.5 Å². The lowest BCUT2D eigenvalue weighted by molar-refractivity contribution is 0.176. The van der Waals surface area contributed by atoms with Crippen LogP contribution in [0.1, 0.15) is 17.2 Å². The van der Waals surface area contributed by atoms with Crippen molar-refractivity contribution in [1.82, 2.24) is 10.3 Å². The van der Waals surface area contributed by atoms with Crippen LogP contribution in [0.2, 0.25) is 0 Å². The van der Waals surface area contributed by atoms with Crippen LogP contribution in [-0.2, 0) is 6.54 Å². The Labute approximate surface area is 144 Å². The minimum Gasteiger partial charge on any atom is -0.506 e. The number of rotatable bonds is 6. The highest BCUT2D eigenvalue weighted by Gasteiger charge is 2.13. The first-order chi connectivity index (χ1) is 12.1. The fourth-order valence-corrected chi connectivity index (χ4v) is 2.80. The van der Waals surface area contributed by atoms with E-state index in [0.717, 1.165) is 11.3 Å². The number of H-pyrrole nitrogens is 1. The van der Waals surface area contributed by atoms with Gasteiger partial charge in [0, 0.05) is 24.5 Å². The lowest BCUT2D eigenvalue weighted by Gasteiger charge is -2.15. The molecule has 0 unspecified atom stereocenters. The Balaban J connectivity index is 1.73. The second-order valence-electron chi connectivity index (χ2n) is 5.78. The van der Waals surface area contributed by atoms with Gasteiger partial charge in [0.05, 0.1) is 18.7 Å². The zero-order valence-electron chi connectivity index (χ0n) is 13.8. The van der Waals surface area contributed by atoms with E-state index in [2.05, 4.69) is 10.3 Å². The van der Waals surface area contributed by atoms with E-state index in [-0.39, 0.29) is 11.3 Å². The molecule has 3 rings (SSSR count). The van der Waals surface area contributed by atoms with Crippen molar-refractivity contribution in [1.29, 1.82) is 0 Å². The Bertz CT molecular complexity index is 936. The Hall–Kier alpha value is -2.83. The van der Waals surface area contributed by atoms with Crippen LogP contribution in [0.3, 0.4) is 0 Å². The number of hydrogen-bond donors (Lipinski definition) is 4. The van der Waals surface area contributed by atoms with Gasteiger partial charge < -0.3 is 25.3 Å². The van der Waals surface area contributed by atoms with E-state index in [0.29, 0.717) is 29.6 Å². The molecule has 0 spiro atoms. The third kappa shape index (κ3) is 3.81. The number of aromatic amines is 1. The number of aliphatic hydroxyl groups is 1. The smallest absolute Gasteiger partial charge is 0.248 e. The zero-order valence-corrected chi connectivity index (χ0v) is 13.8. The summed E-state index contributed by atoms with van der Waals surface area (Å²) < 4.78 is 5.19. The lowest BCUT2D eigenvalue weighted by Crippen LogP contribution is -2.21. The van der Waals surface area contributed by atoms with Gasteiger partial charge in [-0.05, 0) is 35.4 Å². The molecule has 0 amide bonds. The summed E-state index contributed by atoms with van der Waals surface area (Å²) in [6, 6.07) is 13.8. The number of ether oxygens (including phenoxy) is 1. The normalized spacial score (nSPS) is 12.2. The van der Waals surface area contributed by atoms with E-state index >= 15 is 0 Å². The predicted octanol–water partition coefficient (Wildman–Crippen LogP) is 2.07. The number of aromatic nitrogens is 1. The summed E-state index contributed by atoms with van der Waals surface area (Å²) in [5.74, 6) is 0.765. The molecule has 6 heteroatoms. The molecule has 0 saturated heterocycles. The van der Waals surface area contributed by atoms with Gasteiger partial charge in [0.15, 0.2) is 0 Å². The van der Waals surface area contributed by atoms with Crippen molar-refractivity contribution < 1.29 is 14.9 Å². The van der Waals surface area contributed by atoms with Crippen molar-refractivity contribution in [3.63, 3.8) is 0 Å². The molecule has 6 nitrogen and oxygen atoms in total. The van der Waals surface area contributed by atoms with Crippen LogP contribution in [0.15, 0.2) is 53.3 Å². The van der Waals surface area contributed by atoms with E-state index < -0.39 is 6.10 Å². The minimum absolute atomic E-state index is 0.0204. The van der Waals surface area contributed by atoms with Gasteiger partial charge >= 0.3 is 0 Å². The van der Waals surface area contributed by atoms with Crippen molar-refractivity contribution in [2.24, 2.45) is 0 Å². The minimum atomic E-state index is -0.778. The van der Waals surface area contributed by atoms with Crippen LogP contribution in [0.4, 0.5) is 0 Å². The van der Waals surface area contributed by atoms with Gasteiger partial charge in [0.25, 0.3) is 0 Å². The molecule has 0 fully saturated rings. The summed E-state index contributed by atoms with van der Waals surface area (Å²) in [6.07, 6.45) is -0.778. The number of phenolic OH excluding ortho intramolecular Hbond substituents is 1. The van der Waals surface area contributed by atoms with Crippen LogP contribution in [0.5, 0.6) is 11.5 Å². The molecule has 0 aliphatic carbocycles. The van der Waals surface area contributed by atoms with Gasteiger partial charge in [0.2, 0.25) is 5.56 Å². The van der Waals surface area contributed by atoms with Gasteiger partial charge in [-0.3, -0.25) is 4.79 Å². The first-order valence-electron chi connectivity index (χ1n) is 7.95. The highest BCUT2D eigenvalue weighted by atomic mass is 16.5. The summed E-state index contributed by atoms with van der Waals surface area (Å²) in [4.78, 5) is 14.0. The monoisotopic (exact) mass is 340 g/mol. The molecule has 3 aromatic rings. The number of hydrogen-bond acceptors (Lipinski definition) is 5. The number of aromatic hydroxyl groups is 1. The molecule has 0 aliphatic heterocycles. The summed E-state index contributed by atoms with van der Waals surface area (Å²) in [7, 11) is 1.62. The first-order valence-corrected chi connectivity index (χ1v) is 7.95. The zero-order chi connectivity index (χ0) is 17.8. The van der Waals surface area contributed by atoms with Crippen LogP contribution in [-0.4, -0.2) is 28.9 Å². The second-order valence-corrected chi connectivity index (χ2v) is 5.78.